The van der Waals surface area contributed by atoms with Crippen LogP contribution in [0.1, 0.15) is 26.1 Å². The van der Waals surface area contributed by atoms with Crippen molar-refractivity contribution in [1.29, 1.82) is 0 Å². The van der Waals surface area contributed by atoms with Crippen molar-refractivity contribution >= 4 is 11.9 Å². The summed E-state index contributed by atoms with van der Waals surface area (Å²) in [6.07, 6.45) is 1.24. The van der Waals surface area contributed by atoms with Crippen molar-refractivity contribution in [2.45, 2.75) is 27.2 Å². The molecule has 0 atom stereocenters. The Morgan fingerprint density at radius 2 is 1.80 bits per heavy atom. The molecule has 1 saturated heterocycles. The van der Waals surface area contributed by atoms with Gasteiger partial charge in [0, 0.05) is 20.1 Å². The van der Waals surface area contributed by atoms with E-state index >= 15 is 0 Å². The lowest BCUT2D eigenvalue weighted by Gasteiger charge is -2.30. The van der Waals surface area contributed by atoms with Gasteiger partial charge in [-0.3, -0.25) is 0 Å². The molecule has 1 N–H and O–H groups in total. The zero-order valence-electron chi connectivity index (χ0n) is 9.91. The molecule has 2 rings (SSSR count). The highest BCUT2D eigenvalue weighted by molar-refractivity contribution is 5.38. The van der Waals surface area contributed by atoms with Gasteiger partial charge in [-0.15, -0.1) is 0 Å². The summed E-state index contributed by atoms with van der Waals surface area (Å²) < 4.78 is 0. The number of rotatable bonds is 2. The highest BCUT2D eigenvalue weighted by Gasteiger charge is 2.17. The van der Waals surface area contributed by atoms with Crippen LogP contribution in [-0.4, -0.2) is 35.1 Å². The van der Waals surface area contributed by atoms with Gasteiger partial charge >= 0.3 is 0 Å². The van der Waals surface area contributed by atoms with Crippen molar-refractivity contribution in [3.63, 3.8) is 0 Å². The third-order valence-corrected chi connectivity index (χ3v) is 2.10. The Bertz CT molecular complexity index is 309. The van der Waals surface area contributed by atoms with Crippen molar-refractivity contribution in [3.05, 3.63) is 5.82 Å². The van der Waals surface area contributed by atoms with Crippen LogP contribution in [0.25, 0.3) is 0 Å². The summed E-state index contributed by atoms with van der Waals surface area (Å²) in [4.78, 5) is 14.8. The predicted octanol–water partition coefficient (Wildman–Crippen LogP) is 1.46. The number of nitrogens with zero attached hydrogens (tertiary/aromatic N) is 4. The van der Waals surface area contributed by atoms with E-state index in [9.17, 15) is 0 Å². The summed E-state index contributed by atoms with van der Waals surface area (Å²) in [5.41, 5.74) is 0. The molecule has 0 radical (unpaired) electrons. The van der Waals surface area contributed by atoms with Crippen LogP contribution in [0, 0.1) is 6.92 Å². The number of anilines is 2. The molecular formula is C10H19N5. The van der Waals surface area contributed by atoms with Gasteiger partial charge in [0.2, 0.25) is 11.9 Å². The molecule has 0 bridgehead atoms. The van der Waals surface area contributed by atoms with Crippen molar-refractivity contribution in [2.75, 3.05) is 30.4 Å². The van der Waals surface area contributed by atoms with Gasteiger partial charge in [-0.2, -0.15) is 15.0 Å². The van der Waals surface area contributed by atoms with Gasteiger partial charge in [0.15, 0.2) is 0 Å². The molecule has 0 aromatic carbocycles. The van der Waals surface area contributed by atoms with E-state index in [2.05, 4.69) is 25.2 Å². The third-order valence-electron chi connectivity index (χ3n) is 2.10. The molecule has 5 nitrogen and oxygen atoms in total. The minimum atomic E-state index is 0.648. The van der Waals surface area contributed by atoms with Gasteiger partial charge in [0.1, 0.15) is 5.82 Å². The second kappa shape index (κ2) is 5.48. The van der Waals surface area contributed by atoms with Crippen molar-refractivity contribution in [2.24, 2.45) is 0 Å². The Morgan fingerprint density at radius 1 is 1.13 bits per heavy atom. The molecule has 1 aliphatic heterocycles. The van der Waals surface area contributed by atoms with Crippen molar-refractivity contribution in [1.82, 2.24) is 15.0 Å². The standard InChI is InChI=1S/C8H13N5.C2H6/c1-6-10-7(9-2)12-8(11-6)13-4-3-5-13;1-2/h3-5H2,1-2H3,(H,9,10,11,12);1-2H3. The lowest BCUT2D eigenvalue weighted by molar-refractivity contribution is 0.597. The topological polar surface area (TPSA) is 53.9 Å². The summed E-state index contributed by atoms with van der Waals surface area (Å²) in [6.45, 7) is 8.00. The first-order valence-electron chi connectivity index (χ1n) is 5.45. The lowest BCUT2D eigenvalue weighted by atomic mass is 10.2. The Labute approximate surface area is 91.0 Å². The first-order chi connectivity index (χ1) is 7.29. The number of aryl methyl sites for hydroxylation is 1. The van der Waals surface area contributed by atoms with E-state index in [4.69, 9.17) is 0 Å². The highest BCUT2D eigenvalue weighted by Crippen LogP contribution is 2.16. The average molecular weight is 209 g/mol. The van der Waals surface area contributed by atoms with E-state index in [-0.39, 0.29) is 0 Å². The maximum atomic E-state index is 4.27. The zero-order valence-corrected chi connectivity index (χ0v) is 9.91. The molecule has 5 heteroatoms. The minimum absolute atomic E-state index is 0.648. The molecule has 0 spiro atoms. The summed E-state index contributed by atoms with van der Waals surface area (Å²) in [7, 11) is 1.81. The second-order valence-corrected chi connectivity index (χ2v) is 3.10. The molecular weight excluding hydrogens is 190 g/mol. The van der Waals surface area contributed by atoms with Crippen LogP contribution < -0.4 is 10.2 Å². The van der Waals surface area contributed by atoms with Crippen LogP contribution in [0.2, 0.25) is 0 Å². The normalized spacial score (nSPS) is 13.7. The van der Waals surface area contributed by atoms with Gasteiger partial charge in [-0.05, 0) is 13.3 Å². The molecule has 0 amide bonds. The van der Waals surface area contributed by atoms with Gasteiger partial charge in [0.05, 0.1) is 0 Å². The number of hydrogen-bond acceptors (Lipinski definition) is 5. The van der Waals surface area contributed by atoms with Crippen LogP contribution in [0.3, 0.4) is 0 Å². The van der Waals surface area contributed by atoms with Crippen LogP contribution in [0.4, 0.5) is 11.9 Å². The van der Waals surface area contributed by atoms with Crippen LogP contribution >= 0.6 is 0 Å². The first kappa shape index (κ1) is 11.7. The van der Waals surface area contributed by atoms with Gasteiger partial charge < -0.3 is 10.2 Å². The van der Waals surface area contributed by atoms with E-state index in [1.165, 1.54) is 6.42 Å². The minimum Gasteiger partial charge on any atom is -0.357 e. The number of hydrogen-bond donors (Lipinski definition) is 1. The van der Waals surface area contributed by atoms with Crippen LogP contribution in [0.15, 0.2) is 0 Å². The number of nitrogens with one attached hydrogen (secondary N) is 1. The zero-order chi connectivity index (χ0) is 11.3. The molecule has 2 heterocycles. The molecule has 1 aromatic heterocycles. The molecule has 0 unspecified atom stereocenters. The maximum Gasteiger partial charge on any atom is 0.230 e. The van der Waals surface area contributed by atoms with E-state index in [1.807, 2.05) is 27.8 Å². The average Bonchev–Trinajstić information content (AvgIpc) is 2.17. The molecule has 1 aromatic rings. The quantitative estimate of drug-likeness (QED) is 0.799. The molecule has 0 aliphatic carbocycles. The fraction of sp³-hybridized carbons (Fsp3) is 0.700. The van der Waals surface area contributed by atoms with E-state index in [0.717, 1.165) is 24.9 Å². The van der Waals surface area contributed by atoms with Crippen molar-refractivity contribution < 1.29 is 0 Å². The maximum absolute atomic E-state index is 4.27. The van der Waals surface area contributed by atoms with Gasteiger partial charge in [0.25, 0.3) is 0 Å². The largest absolute Gasteiger partial charge is 0.357 e. The summed E-state index contributed by atoms with van der Waals surface area (Å²) in [5.74, 6) is 2.21. The van der Waals surface area contributed by atoms with E-state index in [0.29, 0.717) is 5.95 Å². The monoisotopic (exact) mass is 209 g/mol. The van der Waals surface area contributed by atoms with Crippen LogP contribution in [-0.2, 0) is 0 Å². The van der Waals surface area contributed by atoms with E-state index < -0.39 is 0 Å². The smallest absolute Gasteiger partial charge is 0.230 e. The SMILES string of the molecule is CC.CNc1nc(C)nc(N2CCC2)n1. The molecule has 15 heavy (non-hydrogen) atoms. The summed E-state index contributed by atoms with van der Waals surface area (Å²) >= 11 is 0. The van der Waals surface area contributed by atoms with Crippen molar-refractivity contribution in [3.8, 4) is 0 Å². The number of aromatic nitrogens is 3. The second-order valence-electron chi connectivity index (χ2n) is 3.10. The molecule has 84 valence electrons. The van der Waals surface area contributed by atoms with Crippen LogP contribution in [0.5, 0.6) is 0 Å². The molecule has 0 saturated carbocycles. The van der Waals surface area contributed by atoms with Gasteiger partial charge in [-0.25, -0.2) is 0 Å². The fourth-order valence-corrected chi connectivity index (χ4v) is 1.24. The predicted molar refractivity (Wildman–Crippen MR) is 62.3 cm³/mol. The Morgan fingerprint density at radius 3 is 2.27 bits per heavy atom. The third kappa shape index (κ3) is 2.78. The summed E-state index contributed by atoms with van der Waals surface area (Å²) in [5, 5.41) is 2.92. The Hall–Kier alpha value is -1.39. The fourth-order valence-electron chi connectivity index (χ4n) is 1.24. The summed E-state index contributed by atoms with van der Waals surface area (Å²) in [6, 6.07) is 0. The Kier molecular flexibility index (Phi) is 4.27. The highest BCUT2D eigenvalue weighted by atomic mass is 15.3. The lowest BCUT2D eigenvalue weighted by Crippen LogP contribution is -2.38. The molecule has 1 fully saturated rings. The van der Waals surface area contributed by atoms with Gasteiger partial charge in [-0.1, -0.05) is 13.8 Å². The van der Waals surface area contributed by atoms with E-state index in [1.54, 1.807) is 0 Å². The molecule has 1 aliphatic rings. The Balaban J connectivity index is 0.000000531. The first-order valence-corrected chi connectivity index (χ1v) is 5.45.